The molecule has 3 N–H and O–H groups in total. The van der Waals surface area contributed by atoms with E-state index in [4.69, 9.17) is 0 Å². The van der Waals surface area contributed by atoms with Crippen LogP contribution in [-0.2, 0) is 20.9 Å². The van der Waals surface area contributed by atoms with Crippen molar-refractivity contribution >= 4 is 29.3 Å². The molecule has 3 fully saturated rings. The lowest BCUT2D eigenvalue weighted by Gasteiger charge is -2.40. The predicted octanol–water partition coefficient (Wildman–Crippen LogP) is 4.40. The first-order chi connectivity index (χ1) is 23.4. The van der Waals surface area contributed by atoms with Crippen molar-refractivity contribution in [3.05, 3.63) is 47.5 Å². The van der Waals surface area contributed by atoms with Crippen LogP contribution in [0.15, 0.2) is 30.5 Å². The molecule has 0 spiro atoms. The molecule has 2 aliphatic carbocycles. The Kier molecular flexibility index (Phi) is 11.8. The lowest BCUT2D eigenvalue weighted by Crippen LogP contribution is -2.58. The van der Waals surface area contributed by atoms with Gasteiger partial charge in [-0.05, 0) is 88.1 Å². The summed E-state index contributed by atoms with van der Waals surface area (Å²) in [5.74, 6) is -1.82. The number of rotatable bonds is 12. The van der Waals surface area contributed by atoms with E-state index in [9.17, 15) is 19.2 Å². The number of piperazine rings is 1. The SMILES string of the molecule is CCn1nccc1C(=O)N[C@H](C(=O)Nc1ccc([C@H](C)[C@@H](NC(=O)C(C)C2CC2)C(=O)N2CCN(C)[C@@H](C)C2)cc1F)[C@H]1CC[C@H](C)CC1. The second kappa shape index (κ2) is 15.8. The van der Waals surface area contributed by atoms with Crippen LogP contribution in [0, 0.1) is 29.5 Å². The molecular weight excluding hydrogens is 625 g/mol. The van der Waals surface area contributed by atoms with Crippen LogP contribution in [0.25, 0.3) is 0 Å². The lowest BCUT2D eigenvalue weighted by molar-refractivity contribution is -0.140. The van der Waals surface area contributed by atoms with Crippen molar-refractivity contribution in [2.45, 2.75) is 104 Å². The van der Waals surface area contributed by atoms with E-state index in [0.717, 1.165) is 45.1 Å². The van der Waals surface area contributed by atoms with Crippen LogP contribution < -0.4 is 16.0 Å². The summed E-state index contributed by atoms with van der Waals surface area (Å²) in [6, 6.07) is 4.61. The number of hydrogen-bond donors (Lipinski definition) is 3. The normalized spacial score (nSPS) is 24.0. The van der Waals surface area contributed by atoms with Gasteiger partial charge in [0, 0.05) is 50.3 Å². The third-order valence-corrected chi connectivity index (χ3v) is 11.2. The van der Waals surface area contributed by atoms with Gasteiger partial charge in [0.2, 0.25) is 17.7 Å². The van der Waals surface area contributed by atoms with Crippen LogP contribution in [-0.4, -0.2) is 88.0 Å². The molecule has 1 aliphatic heterocycles. The second-order valence-corrected chi connectivity index (χ2v) is 14.7. The van der Waals surface area contributed by atoms with Crippen LogP contribution in [0.3, 0.4) is 0 Å². The summed E-state index contributed by atoms with van der Waals surface area (Å²) in [6.07, 6.45) is 7.00. The van der Waals surface area contributed by atoms with Crippen molar-refractivity contribution in [1.29, 1.82) is 0 Å². The van der Waals surface area contributed by atoms with E-state index >= 15 is 4.39 Å². The number of carbonyl (C=O) groups excluding carboxylic acids is 4. The Labute approximate surface area is 289 Å². The highest BCUT2D eigenvalue weighted by molar-refractivity contribution is 6.00. The largest absolute Gasteiger partial charge is 0.343 e. The fraction of sp³-hybridized carbons (Fsp3) is 0.649. The smallest absolute Gasteiger partial charge is 0.270 e. The second-order valence-electron chi connectivity index (χ2n) is 14.7. The fourth-order valence-corrected chi connectivity index (χ4v) is 7.27. The molecular formula is C37H54FN7O4. The number of benzene rings is 1. The number of likely N-dealkylation sites (N-methyl/N-ethyl adjacent to an activating group) is 1. The summed E-state index contributed by atoms with van der Waals surface area (Å²) in [6.45, 7) is 12.2. The van der Waals surface area contributed by atoms with E-state index in [1.807, 2.05) is 27.8 Å². The van der Waals surface area contributed by atoms with E-state index in [2.05, 4.69) is 39.8 Å². The van der Waals surface area contributed by atoms with E-state index in [-0.39, 0.29) is 35.4 Å². The van der Waals surface area contributed by atoms with Gasteiger partial charge in [0.1, 0.15) is 23.6 Å². The highest BCUT2D eigenvalue weighted by atomic mass is 19.1. The zero-order valence-corrected chi connectivity index (χ0v) is 29.9. The lowest BCUT2D eigenvalue weighted by atomic mass is 9.79. The fourth-order valence-electron chi connectivity index (χ4n) is 7.27. The van der Waals surface area contributed by atoms with Gasteiger partial charge in [-0.1, -0.05) is 39.7 Å². The molecule has 0 radical (unpaired) electrons. The molecule has 5 atom stereocenters. The number of halogens is 1. The minimum absolute atomic E-state index is 0.00913. The van der Waals surface area contributed by atoms with Gasteiger partial charge in [0.05, 0.1) is 5.69 Å². The molecule has 49 heavy (non-hydrogen) atoms. The maximum absolute atomic E-state index is 15.8. The van der Waals surface area contributed by atoms with Gasteiger partial charge in [-0.25, -0.2) is 4.39 Å². The molecule has 4 amide bonds. The van der Waals surface area contributed by atoms with Gasteiger partial charge < -0.3 is 25.8 Å². The molecule has 2 aromatic rings. The Morgan fingerprint density at radius 2 is 1.63 bits per heavy atom. The predicted molar refractivity (Wildman–Crippen MR) is 186 cm³/mol. The van der Waals surface area contributed by atoms with Gasteiger partial charge in [0.15, 0.2) is 0 Å². The summed E-state index contributed by atoms with van der Waals surface area (Å²) in [5.41, 5.74) is 0.891. The maximum atomic E-state index is 15.8. The number of aryl methyl sites for hydroxylation is 1. The number of carbonyl (C=O) groups is 4. The average Bonchev–Trinajstić information content (AvgIpc) is 3.83. The van der Waals surface area contributed by atoms with Gasteiger partial charge >= 0.3 is 0 Å². The Hall–Kier alpha value is -3.80. The molecule has 2 saturated carbocycles. The summed E-state index contributed by atoms with van der Waals surface area (Å²) in [7, 11) is 2.03. The Balaban J connectivity index is 1.33. The minimum atomic E-state index is -0.867. The first kappa shape index (κ1) is 36.5. The monoisotopic (exact) mass is 679 g/mol. The highest BCUT2D eigenvalue weighted by Crippen LogP contribution is 2.37. The molecule has 1 saturated heterocycles. The zero-order chi connectivity index (χ0) is 35.4. The van der Waals surface area contributed by atoms with Crippen LogP contribution >= 0.6 is 0 Å². The number of hydrogen-bond acceptors (Lipinski definition) is 6. The van der Waals surface area contributed by atoms with Crippen molar-refractivity contribution < 1.29 is 23.6 Å². The summed E-state index contributed by atoms with van der Waals surface area (Å²) < 4.78 is 17.4. The molecule has 2 heterocycles. The third-order valence-electron chi connectivity index (χ3n) is 11.2. The number of nitrogens with one attached hydrogen (secondary N) is 3. The van der Waals surface area contributed by atoms with Crippen LogP contribution in [0.5, 0.6) is 0 Å². The van der Waals surface area contributed by atoms with Crippen molar-refractivity contribution in [3.63, 3.8) is 0 Å². The summed E-state index contributed by atoms with van der Waals surface area (Å²) in [5, 5.41) is 12.9. The van der Waals surface area contributed by atoms with E-state index in [1.54, 1.807) is 27.9 Å². The van der Waals surface area contributed by atoms with Crippen LogP contribution in [0.2, 0.25) is 0 Å². The van der Waals surface area contributed by atoms with Crippen LogP contribution in [0.1, 0.15) is 95.1 Å². The van der Waals surface area contributed by atoms with Gasteiger partial charge in [-0.15, -0.1) is 0 Å². The summed E-state index contributed by atoms with van der Waals surface area (Å²) in [4.78, 5) is 58.3. The molecule has 5 rings (SSSR count). The van der Waals surface area contributed by atoms with Gasteiger partial charge in [0.25, 0.3) is 5.91 Å². The molecule has 3 aliphatic rings. The number of amides is 4. The van der Waals surface area contributed by atoms with Crippen LogP contribution in [0.4, 0.5) is 10.1 Å². The first-order valence-electron chi connectivity index (χ1n) is 18.1. The zero-order valence-electron chi connectivity index (χ0n) is 29.9. The Morgan fingerprint density at radius 1 is 0.939 bits per heavy atom. The van der Waals surface area contributed by atoms with Crippen molar-refractivity contribution in [3.8, 4) is 0 Å². The molecule has 11 nitrogen and oxygen atoms in total. The average molecular weight is 680 g/mol. The number of anilines is 1. The van der Waals surface area contributed by atoms with Crippen molar-refractivity contribution in [2.24, 2.45) is 23.7 Å². The maximum Gasteiger partial charge on any atom is 0.270 e. The van der Waals surface area contributed by atoms with E-state index < -0.39 is 35.6 Å². The van der Waals surface area contributed by atoms with Crippen molar-refractivity contribution in [1.82, 2.24) is 30.2 Å². The molecule has 0 bridgehead atoms. The standard InChI is InChI=1S/C37H54FN7O4/c1-7-45-31(16-17-39-45)35(47)42-33(27-10-8-22(2)9-11-27)36(48)40-30-15-14-28(20-29(30)38)24(4)32(41-34(46)25(5)26-12-13-26)37(49)44-19-18-43(6)23(3)21-44/h14-17,20,22-27,32-33H,7-13,18-19,21H2,1-6H3,(H,40,48)(H,41,46)(H,42,47)/t22-,23-,24-,25?,27-,32+,33-/m0/s1. The number of nitrogens with zero attached hydrogens (tertiary/aromatic N) is 4. The molecule has 1 aromatic heterocycles. The number of aromatic nitrogens is 2. The topological polar surface area (TPSA) is 129 Å². The molecule has 268 valence electrons. The first-order valence-corrected chi connectivity index (χ1v) is 18.1. The summed E-state index contributed by atoms with van der Waals surface area (Å²) >= 11 is 0. The highest BCUT2D eigenvalue weighted by Gasteiger charge is 2.39. The Morgan fingerprint density at radius 3 is 2.27 bits per heavy atom. The molecule has 1 unspecified atom stereocenters. The van der Waals surface area contributed by atoms with Gasteiger partial charge in [-0.2, -0.15) is 5.10 Å². The molecule has 12 heteroatoms. The van der Waals surface area contributed by atoms with E-state index in [1.165, 1.54) is 12.1 Å². The van der Waals surface area contributed by atoms with Gasteiger partial charge in [-0.3, -0.25) is 23.9 Å². The van der Waals surface area contributed by atoms with Crippen molar-refractivity contribution in [2.75, 3.05) is 32.0 Å². The minimum Gasteiger partial charge on any atom is -0.343 e. The molecule has 1 aromatic carbocycles. The Bertz CT molecular complexity index is 1500. The van der Waals surface area contributed by atoms with E-state index in [0.29, 0.717) is 42.7 Å². The third kappa shape index (κ3) is 8.69. The quantitative estimate of drug-likeness (QED) is 0.305.